The van der Waals surface area contributed by atoms with Crippen molar-refractivity contribution in [3.8, 4) is 0 Å². The molecular formula is C7H13O3S2-. The van der Waals surface area contributed by atoms with Crippen LogP contribution in [0, 0.1) is 0 Å². The molecule has 1 rings (SSSR count). The fourth-order valence-corrected chi connectivity index (χ4v) is 3.44. The van der Waals surface area contributed by atoms with Gasteiger partial charge in [-0.1, -0.05) is 11.1 Å². The summed E-state index contributed by atoms with van der Waals surface area (Å²) in [6.45, 7) is 0. The van der Waals surface area contributed by atoms with Gasteiger partial charge in [0, 0.05) is 12.9 Å². The smallest absolute Gasteiger partial charge is 0.0798 e. The van der Waals surface area contributed by atoms with Crippen LogP contribution in [0.25, 0.3) is 0 Å². The van der Waals surface area contributed by atoms with Gasteiger partial charge >= 0.3 is 0 Å². The fraction of sp³-hybridized carbons (Fsp3) is 1.00. The Kier molecular flexibility index (Phi) is 4.02. The lowest BCUT2D eigenvalue weighted by Crippen LogP contribution is -2.41. The van der Waals surface area contributed by atoms with Crippen molar-refractivity contribution in [1.29, 1.82) is 0 Å². The van der Waals surface area contributed by atoms with Crippen molar-refractivity contribution in [1.82, 2.24) is 0 Å². The third-order valence-corrected chi connectivity index (χ3v) is 3.97. The Morgan fingerprint density at radius 3 is 2.58 bits per heavy atom. The van der Waals surface area contributed by atoms with E-state index in [9.17, 15) is 8.76 Å². The predicted octanol–water partition coefficient (Wildman–Crippen LogP) is 0.778. The van der Waals surface area contributed by atoms with E-state index >= 15 is 0 Å². The molecule has 5 heteroatoms. The van der Waals surface area contributed by atoms with Crippen molar-refractivity contribution >= 4 is 22.8 Å². The zero-order valence-corrected chi connectivity index (χ0v) is 8.71. The first-order chi connectivity index (χ1) is 5.68. The lowest BCUT2D eigenvalue weighted by molar-refractivity contribution is 0.00229. The Hall–Kier alpha value is 0.420. The second-order valence-electron chi connectivity index (χ2n) is 2.95. The maximum atomic E-state index is 10.5. The van der Waals surface area contributed by atoms with Gasteiger partial charge in [-0.2, -0.15) is 11.8 Å². The van der Waals surface area contributed by atoms with E-state index < -0.39 is 16.7 Å². The molecule has 0 aliphatic carbocycles. The number of methoxy groups -OCH3 is 1. The molecule has 0 bridgehead atoms. The SMILES string of the molecule is COC1(CS(=O)[O-])CCSCC1. The molecule has 12 heavy (non-hydrogen) atoms. The van der Waals surface area contributed by atoms with E-state index in [1.807, 2.05) is 11.8 Å². The molecule has 0 saturated carbocycles. The molecule has 1 heterocycles. The summed E-state index contributed by atoms with van der Waals surface area (Å²) >= 11 is -0.128. The van der Waals surface area contributed by atoms with Crippen LogP contribution in [0.2, 0.25) is 0 Å². The quantitative estimate of drug-likeness (QED) is 0.644. The standard InChI is InChI=1S/C7H14O3S2/c1-10-7(6-12(8)9)2-4-11-5-3-7/h2-6H2,1H3,(H,8,9)/p-1. The average Bonchev–Trinajstić information content (AvgIpc) is 2.05. The zero-order chi connectivity index (χ0) is 9.03. The van der Waals surface area contributed by atoms with E-state index in [1.165, 1.54) is 0 Å². The molecule has 1 saturated heterocycles. The summed E-state index contributed by atoms with van der Waals surface area (Å²) in [4.78, 5) is 0. The molecule has 0 aromatic heterocycles. The normalized spacial score (nSPS) is 25.2. The predicted molar refractivity (Wildman–Crippen MR) is 50.1 cm³/mol. The molecule has 0 radical (unpaired) electrons. The van der Waals surface area contributed by atoms with Crippen molar-refractivity contribution in [2.24, 2.45) is 0 Å². The van der Waals surface area contributed by atoms with Crippen LogP contribution in [0.1, 0.15) is 12.8 Å². The van der Waals surface area contributed by atoms with Crippen LogP contribution in [0.5, 0.6) is 0 Å². The van der Waals surface area contributed by atoms with Crippen LogP contribution in [0.15, 0.2) is 0 Å². The van der Waals surface area contributed by atoms with Gasteiger partial charge < -0.3 is 9.29 Å². The van der Waals surface area contributed by atoms with E-state index in [1.54, 1.807) is 7.11 Å². The highest BCUT2D eigenvalue weighted by molar-refractivity contribution is 7.99. The number of rotatable bonds is 3. The summed E-state index contributed by atoms with van der Waals surface area (Å²) in [5.41, 5.74) is -0.391. The highest BCUT2D eigenvalue weighted by atomic mass is 32.2. The molecular weight excluding hydrogens is 196 g/mol. The third kappa shape index (κ3) is 2.73. The van der Waals surface area contributed by atoms with Crippen molar-refractivity contribution in [2.45, 2.75) is 18.4 Å². The molecule has 0 aromatic carbocycles. The minimum atomic E-state index is -1.99. The lowest BCUT2D eigenvalue weighted by atomic mass is 9.99. The maximum Gasteiger partial charge on any atom is 0.0798 e. The van der Waals surface area contributed by atoms with E-state index in [-0.39, 0.29) is 5.75 Å². The molecule has 1 aliphatic heterocycles. The third-order valence-electron chi connectivity index (χ3n) is 2.22. The number of ether oxygens (including phenoxy) is 1. The summed E-state index contributed by atoms with van der Waals surface area (Å²) in [5.74, 6) is 2.15. The monoisotopic (exact) mass is 209 g/mol. The van der Waals surface area contributed by atoms with Crippen LogP contribution >= 0.6 is 11.8 Å². The van der Waals surface area contributed by atoms with E-state index in [2.05, 4.69) is 0 Å². The Morgan fingerprint density at radius 2 is 2.17 bits per heavy atom. The first-order valence-corrected chi connectivity index (χ1v) is 6.27. The second-order valence-corrected chi connectivity index (χ2v) is 5.07. The van der Waals surface area contributed by atoms with Gasteiger partial charge in [0.1, 0.15) is 0 Å². The van der Waals surface area contributed by atoms with E-state index in [4.69, 9.17) is 4.74 Å². The highest BCUT2D eigenvalue weighted by Crippen LogP contribution is 2.30. The van der Waals surface area contributed by atoms with Crippen molar-refractivity contribution in [3.05, 3.63) is 0 Å². The van der Waals surface area contributed by atoms with Gasteiger partial charge in [-0.05, 0) is 24.3 Å². The van der Waals surface area contributed by atoms with Crippen molar-refractivity contribution < 1.29 is 13.5 Å². The molecule has 1 fully saturated rings. The van der Waals surface area contributed by atoms with Crippen molar-refractivity contribution in [2.75, 3.05) is 24.4 Å². The van der Waals surface area contributed by atoms with Crippen LogP contribution in [-0.4, -0.2) is 38.7 Å². The topological polar surface area (TPSA) is 49.4 Å². The summed E-state index contributed by atoms with van der Waals surface area (Å²) < 4.78 is 26.4. The van der Waals surface area contributed by atoms with E-state index in [0.717, 1.165) is 24.3 Å². The fourth-order valence-electron chi connectivity index (χ4n) is 1.37. The van der Waals surface area contributed by atoms with E-state index in [0.29, 0.717) is 0 Å². The molecule has 0 spiro atoms. The molecule has 0 N–H and O–H groups in total. The van der Waals surface area contributed by atoms with Crippen LogP contribution < -0.4 is 0 Å². The van der Waals surface area contributed by atoms with Crippen molar-refractivity contribution in [3.63, 3.8) is 0 Å². The van der Waals surface area contributed by atoms with Crippen LogP contribution in [-0.2, 0) is 15.8 Å². The number of hydrogen-bond donors (Lipinski definition) is 0. The first kappa shape index (κ1) is 10.5. The highest BCUT2D eigenvalue weighted by Gasteiger charge is 2.32. The van der Waals surface area contributed by atoms with Gasteiger partial charge in [0.25, 0.3) is 0 Å². The summed E-state index contributed by atoms with van der Waals surface area (Å²) in [5, 5.41) is 0. The Balaban J connectivity index is 2.53. The summed E-state index contributed by atoms with van der Waals surface area (Å²) in [7, 11) is 1.60. The number of hydrogen-bond acceptors (Lipinski definition) is 4. The minimum Gasteiger partial charge on any atom is -0.772 e. The van der Waals surface area contributed by atoms with Gasteiger partial charge in [-0.15, -0.1) is 0 Å². The molecule has 0 aromatic rings. The first-order valence-electron chi connectivity index (χ1n) is 3.87. The molecule has 1 unspecified atom stereocenters. The van der Waals surface area contributed by atoms with Gasteiger partial charge in [-0.25, -0.2) is 0 Å². The summed E-state index contributed by atoms with van der Waals surface area (Å²) in [6.07, 6.45) is 1.70. The minimum absolute atomic E-state index is 0.143. The Bertz CT molecular complexity index is 166. The molecule has 1 atom stereocenters. The Labute approximate surface area is 79.5 Å². The van der Waals surface area contributed by atoms with Crippen LogP contribution in [0.4, 0.5) is 0 Å². The van der Waals surface area contributed by atoms with Gasteiger partial charge in [0.2, 0.25) is 0 Å². The molecule has 72 valence electrons. The molecule has 0 amide bonds. The van der Waals surface area contributed by atoms with Gasteiger partial charge in [-0.3, -0.25) is 4.21 Å². The Morgan fingerprint density at radius 1 is 1.58 bits per heavy atom. The largest absolute Gasteiger partial charge is 0.772 e. The molecule has 1 aliphatic rings. The lowest BCUT2D eigenvalue weighted by Gasteiger charge is -2.36. The number of thioether (sulfide) groups is 1. The maximum absolute atomic E-state index is 10.5. The van der Waals surface area contributed by atoms with Crippen LogP contribution in [0.3, 0.4) is 0 Å². The summed E-state index contributed by atoms with van der Waals surface area (Å²) in [6, 6.07) is 0. The average molecular weight is 209 g/mol. The molecule has 3 nitrogen and oxygen atoms in total. The van der Waals surface area contributed by atoms with Gasteiger partial charge in [0.05, 0.1) is 5.60 Å². The second kappa shape index (κ2) is 4.60. The van der Waals surface area contributed by atoms with Gasteiger partial charge in [0.15, 0.2) is 0 Å². The zero-order valence-electron chi connectivity index (χ0n) is 7.08.